The molecule has 0 N–H and O–H groups in total. The third-order valence-electron chi connectivity index (χ3n) is 3.74. The average Bonchev–Trinajstić information content (AvgIpc) is 2.64. The average molecular weight is 372 g/mol. The van der Waals surface area contributed by atoms with E-state index in [1.807, 2.05) is 0 Å². The molecule has 0 rings (SSSR count). The number of hydrogen-bond acceptors (Lipinski definition) is 4. The number of allylic oxidation sites excluding steroid dienone is 6. The van der Waals surface area contributed by atoms with Crippen LogP contribution in [0.15, 0.2) is 36.5 Å². The lowest BCUT2D eigenvalue weighted by molar-refractivity contribution is 0.150. The van der Waals surface area contributed by atoms with Crippen LogP contribution in [-0.4, -0.2) is 20.8 Å². The number of hydrogen-bond donors (Lipinski definition) is 0. The second kappa shape index (κ2) is 18.1. The van der Waals surface area contributed by atoms with Gasteiger partial charge in [-0.25, -0.2) is 4.57 Å². The molecule has 0 aromatic rings. The summed E-state index contributed by atoms with van der Waals surface area (Å²) in [6.07, 6.45) is 24.7. The summed E-state index contributed by atoms with van der Waals surface area (Å²) < 4.78 is 26.2. The lowest BCUT2D eigenvalue weighted by atomic mass is 10.1. The molecule has 0 aliphatic carbocycles. The van der Waals surface area contributed by atoms with Gasteiger partial charge in [-0.05, 0) is 38.5 Å². The first-order valence-corrected chi connectivity index (χ1v) is 11.0. The monoisotopic (exact) mass is 372 g/mol. The minimum atomic E-state index is -3.29. The van der Waals surface area contributed by atoms with E-state index in [2.05, 4.69) is 43.4 Å². The highest BCUT2D eigenvalue weighted by Crippen LogP contribution is 2.47. The molecule has 0 saturated carbocycles. The maximum absolute atomic E-state index is 11.6. The second-order valence-corrected chi connectivity index (χ2v) is 7.73. The summed E-state index contributed by atoms with van der Waals surface area (Å²) in [6.45, 7) is 2.57. The third kappa shape index (κ3) is 16.5. The molecule has 0 aliphatic heterocycles. The Morgan fingerprint density at radius 2 is 1.24 bits per heavy atom. The van der Waals surface area contributed by atoms with Gasteiger partial charge in [-0.1, -0.05) is 69.1 Å². The summed E-state index contributed by atoms with van der Waals surface area (Å²) in [4.78, 5) is 0. The fourth-order valence-corrected chi connectivity index (χ4v) is 2.97. The second-order valence-electron chi connectivity index (χ2n) is 5.85. The van der Waals surface area contributed by atoms with Crippen molar-refractivity contribution in [3.8, 4) is 0 Å². The smallest absolute Gasteiger partial charge is 0.290 e. The van der Waals surface area contributed by atoms with Crippen LogP contribution < -0.4 is 0 Å². The van der Waals surface area contributed by atoms with Crippen LogP contribution in [0.4, 0.5) is 0 Å². The molecule has 146 valence electrons. The van der Waals surface area contributed by atoms with E-state index < -0.39 is 7.82 Å². The van der Waals surface area contributed by atoms with Gasteiger partial charge in [0.15, 0.2) is 0 Å². The largest absolute Gasteiger partial charge is 0.474 e. The van der Waals surface area contributed by atoms with Crippen LogP contribution in [0.3, 0.4) is 0 Å². The van der Waals surface area contributed by atoms with Crippen molar-refractivity contribution in [2.75, 3.05) is 20.8 Å². The maximum atomic E-state index is 11.6. The molecule has 0 spiro atoms. The first-order valence-electron chi connectivity index (χ1n) is 9.49. The molecule has 4 nitrogen and oxygen atoms in total. The van der Waals surface area contributed by atoms with Crippen molar-refractivity contribution in [2.45, 2.75) is 71.1 Å². The Morgan fingerprint density at radius 3 is 1.84 bits per heavy atom. The molecule has 0 aliphatic rings. The predicted octanol–water partition coefficient (Wildman–Crippen LogP) is 6.99. The Labute approximate surface area is 154 Å². The van der Waals surface area contributed by atoms with Crippen LogP contribution in [0, 0.1) is 0 Å². The van der Waals surface area contributed by atoms with Crippen molar-refractivity contribution in [3.63, 3.8) is 0 Å². The van der Waals surface area contributed by atoms with Crippen molar-refractivity contribution < 1.29 is 18.1 Å². The van der Waals surface area contributed by atoms with Gasteiger partial charge in [-0.15, -0.1) is 0 Å². The molecule has 0 aromatic heterocycles. The van der Waals surface area contributed by atoms with E-state index in [0.29, 0.717) is 6.61 Å². The van der Waals surface area contributed by atoms with Crippen LogP contribution in [-0.2, 0) is 18.1 Å². The Bertz CT molecular complexity index is 408. The zero-order chi connectivity index (χ0) is 18.6. The van der Waals surface area contributed by atoms with Gasteiger partial charge in [0.25, 0.3) is 0 Å². The molecule has 5 heteroatoms. The lowest BCUT2D eigenvalue weighted by Crippen LogP contribution is -1.97. The van der Waals surface area contributed by atoms with E-state index >= 15 is 0 Å². The van der Waals surface area contributed by atoms with Crippen molar-refractivity contribution in [1.82, 2.24) is 0 Å². The summed E-state index contributed by atoms with van der Waals surface area (Å²) in [5.74, 6) is 0. The maximum Gasteiger partial charge on any atom is 0.474 e. The quantitative estimate of drug-likeness (QED) is 0.157. The molecular weight excluding hydrogens is 335 g/mol. The fraction of sp³-hybridized carbons (Fsp3) is 0.700. The summed E-state index contributed by atoms with van der Waals surface area (Å²) in [5.41, 5.74) is 0. The highest BCUT2D eigenvalue weighted by molar-refractivity contribution is 7.48. The molecule has 0 aromatic carbocycles. The molecule has 0 unspecified atom stereocenters. The van der Waals surface area contributed by atoms with Gasteiger partial charge in [-0.2, -0.15) is 0 Å². The molecule has 0 radical (unpaired) electrons. The SMILES string of the molecule is CC/C=C/C/C=C/C/C=C/CCCCCCCCOP(=O)(OC)OC. The molecule has 25 heavy (non-hydrogen) atoms. The molecule has 0 saturated heterocycles. The highest BCUT2D eigenvalue weighted by Gasteiger charge is 2.21. The van der Waals surface area contributed by atoms with E-state index in [1.165, 1.54) is 39.9 Å². The number of rotatable bonds is 17. The van der Waals surface area contributed by atoms with E-state index in [9.17, 15) is 4.57 Å². The fourth-order valence-electron chi connectivity index (χ4n) is 2.25. The highest BCUT2D eigenvalue weighted by atomic mass is 31.2. The first kappa shape index (κ1) is 24.3. The Kier molecular flexibility index (Phi) is 17.6. The molecule has 0 atom stereocenters. The predicted molar refractivity (Wildman–Crippen MR) is 107 cm³/mol. The number of phosphoric acid groups is 1. The topological polar surface area (TPSA) is 44.8 Å². The normalized spacial score (nSPS) is 12.9. The zero-order valence-electron chi connectivity index (χ0n) is 16.3. The van der Waals surface area contributed by atoms with Crippen LogP contribution in [0.5, 0.6) is 0 Å². The van der Waals surface area contributed by atoms with Crippen LogP contribution in [0.25, 0.3) is 0 Å². The Morgan fingerprint density at radius 1 is 0.720 bits per heavy atom. The zero-order valence-corrected chi connectivity index (χ0v) is 17.2. The molecule has 0 amide bonds. The van der Waals surface area contributed by atoms with Gasteiger partial charge < -0.3 is 0 Å². The minimum absolute atomic E-state index is 0.420. The van der Waals surface area contributed by atoms with E-state index in [-0.39, 0.29) is 0 Å². The summed E-state index contributed by atoms with van der Waals surface area (Å²) in [5, 5.41) is 0. The van der Waals surface area contributed by atoms with Gasteiger partial charge >= 0.3 is 7.82 Å². The summed E-state index contributed by atoms with van der Waals surface area (Å²) in [6, 6.07) is 0. The summed E-state index contributed by atoms with van der Waals surface area (Å²) >= 11 is 0. The van der Waals surface area contributed by atoms with Crippen molar-refractivity contribution >= 4 is 7.82 Å². The van der Waals surface area contributed by atoms with Crippen LogP contribution in [0.1, 0.15) is 71.1 Å². The van der Waals surface area contributed by atoms with Crippen molar-refractivity contribution in [3.05, 3.63) is 36.5 Å². The molecule has 0 fully saturated rings. The van der Waals surface area contributed by atoms with Gasteiger partial charge in [0.2, 0.25) is 0 Å². The standard InChI is InChI=1S/C20H37O4P/c1-4-5-6-7-8-9-10-11-12-13-14-15-16-17-18-19-20-24-25(21,22-2)23-3/h5-6,8-9,11-12H,4,7,10,13-20H2,1-3H3/b6-5+,9-8+,12-11+. The van der Waals surface area contributed by atoms with Crippen molar-refractivity contribution in [1.29, 1.82) is 0 Å². The van der Waals surface area contributed by atoms with E-state index in [4.69, 9.17) is 13.6 Å². The van der Waals surface area contributed by atoms with Crippen molar-refractivity contribution in [2.24, 2.45) is 0 Å². The van der Waals surface area contributed by atoms with E-state index in [1.54, 1.807) is 0 Å². The lowest BCUT2D eigenvalue weighted by Gasteiger charge is -2.12. The van der Waals surface area contributed by atoms with Crippen LogP contribution in [0.2, 0.25) is 0 Å². The molecule has 0 bridgehead atoms. The first-order chi connectivity index (χ1) is 12.2. The number of unbranched alkanes of at least 4 members (excludes halogenated alkanes) is 6. The number of phosphoric ester groups is 1. The van der Waals surface area contributed by atoms with Gasteiger partial charge in [0, 0.05) is 14.2 Å². The third-order valence-corrected chi connectivity index (χ3v) is 5.14. The van der Waals surface area contributed by atoms with Gasteiger partial charge in [0.05, 0.1) is 6.61 Å². The molecule has 0 heterocycles. The minimum Gasteiger partial charge on any atom is -0.290 e. The van der Waals surface area contributed by atoms with Gasteiger partial charge in [0.1, 0.15) is 0 Å². The molecular formula is C20H37O4P. The van der Waals surface area contributed by atoms with E-state index in [0.717, 1.165) is 38.5 Å². The Balaban J connectivity index is 3.35. The van der Waals surface area contributed by atoms with Gasteiger partial charge in [-0.3, -0.25) is 13.6 Å². The Hall–Kier alpha value is -0.670. The van der Waals surface area contributed by atoms with Crippen LogP contribution >= 0.6 is 7.82 Å². The summed E-state index contributed by atoms with van der Waals surface area (Å²) in [7, 11) is -0.620.